The van der Waals surface area contributed by atoms with Gasteiger partial charge in [-0.05, 0) is 51.9 Å². The molecule has 1 fully saturated rings. The molecule has 5 nitrogen and oxygen atoms in total. The number of aryl methyl sites for hydroxylation is 2. The number of piperidine rings is 1. The number of fused-ring (bicyclic) bond motifs is 2. The molecule has 0 radical (unpaired) electrons. The Morgan fingerprint density at radius 3 is 2.65 bits per heavy atom. The van der Waals surface area contributed by atoms with Crippen molar-refractivity contribution in [3.05, 3.63) is 41.1 Å². The normalized spacial score (nSPS) is 24.9. The van der Waals surface area contributed by atoms with Gasteiger partial charge in [0.2, 0.25) is 5.88 Å². The summed E-state index contributed by atoms with van der Waals surface area (Å²) in [4.78, 5) is 2.32. The molecular formula is C18H23N3O2. The molecule has 1 aromatic heterocycles. The molecule has 0 saturated carbocycles. The van der Waals surface area contributed by atoms with Gasteiger partial charge < -0.3 is 14.7 Å². The zero-order chi connectivity index (χ0) is 16.2. The van der Waals surface area contributed by atoms with Gasteiger partial charge >= 0.3 is 0 Å². The molecular weight excluding hydrogens is 290 g/mol. The van der Waals surface area contributed by atoms with Crippen LogP contribution in [0.4, 0.5) is 0 Å². The van der Waals surface area contributed by atoms with Crippen LogP contribution in [0.15, 0.2) is 24.3 Å². The van der Waals surface area contributed by atoms with E-state index in [0.717, 1.165) is 48.5 Å². The van der Waals surface area contributed by atoms with Crippen molar-refractivity contribution in [3.63, 3.8) is 0 Å². The Hall–Kier alpha value is -1.85. The number of ether oxygens (including phenoxy) is 1. The van der Waals surface area contributed by atoms with Crippen LogP contribution >= 0.6 is 0 Å². The van der Waals surface area contributed by atoms with E-state index < -0.39 is 5.60 Å². The molecule has 2 aliphatic heterocycles. The topological polar surface area (TPSA) is 50.5 Å². The van der Waals surface area contributed by atoms with E-state index in [2.05, 4.69) is 17.0 Å². The fourth-order valence-corrected chi connectivity index (χ4v) is 4.15. The third-order valence-electron chi connectivity index (χ3n) is 5.36. The highest BCUT2D eigenvalue weighted by Gasteiger charge is 2.49. The molecule has 1 unspecified atom stereocenters. The highest BCUT2D eigenvalue weighted by atomic mass is 16.5. The van der Waals surface area contributed by atoms with E-state index in [1.54, 1.807) is 4.68 Å². The SMILES string of the molecule is Cc1nn(C)c2c1C(O)(C1CCN(C)CC1)c1ccccc1O2. The van der Waals surface area contributed by atoms with Crippen LogP contribution in [0.3, 0.4) is 0 Å². The van der Waals surface area contributed by atoms with Gasteiger partial charge in [-0.25, -0.2) is 4.68 Å². The Morgan fingerprint density at radius 1 is 1.22 bits per heavy atom. The largest absolute Gasteiger partial charge is 0.438 e. The van der Waals surface area contributed by atoms with Gasteiger partial charge in [0, 0.05) is 12.6 Å². The minimum absolute atomic E-state index is 0.172. The lowest BCUT2D eigenvalue weighted by atomic mass is 9.71. The van der Waals surface area contributed by atoms with E-state index in [4.69, 9.17) is 4.74 Å². The Balaban J connectivity index is 1.91. The molecule has 3 heterocycles. The van der Waals surface area contributed by atoms with E-state index in [-0.39, 0.29) is 5.92 Å². The third kappa shape index (κ3) is 2.03. The first-order valence-electron chi connectivity index (χ1n) is 8.24. The molecule has 122 valence electrons. The molecule has 0 aliphatic carbocycles. The molecule has 1 N–H and O–H groups in total. The van der Waals surface area contributed by atoms with Gasteiger partial charge in [0.25, 0.3) is 0 Å². The Labute approximate surface area is 136 Å². The fraction of sp³-hybridized carbons (Fsp3) is 0.500. The maximum absolute atomic E-state index is 11.9. The summed E-state index contributed by atoms with van der Waals surface area (Å²) in [5.41, 5.74) is 1.54. The second-order valence-corrected chi connectivity index (χ2v) is 6.83. The number of rotatable bonds is 1. The number of hydrogen-bond acceptors (Lipinski definition) is 4. The number of aliphatic hydroxyl groups is 1. The summed E-state index contributed by atoms with van der Waals surface area (Å²) >= 11 is 0. The van der Waals surface area contributed by atoms with Crippen LogP contribution in [-0.2, 0) is 12.6 Å². The van der Waals surface area contributed by atoms with Crippen LogP contribution in [-0.4, -0.2) is 39.9 Å². The molecule has 0 spiro atoms. The quantitative estimate of drug-likeness (QED) is 0.878. The van der Waals surface area contributed by atoms with Crippen molar-refractivity contribution >= 4 is 0 Å². The lowest BCUT2D eigenvalue weighted by Gasteiger charge is -2.43. The van der Waals surface area contributed by atoms with Crippen molar-refractivity contribution in [2.24, 2.45) is 13.0 Å². The zero-order valence-corrected chi connectivity index (χ0v) is 13.9. The van der Waals surface area contributed by atoms with Crippen molar-refractivity contribution < 1.29 is 9.84 Å². The average molecular weight is 313 g/mol. The van der Waals surface area contributed by atoms with Crippen molar-refractivity contribution in [2.75, 3.05) is 20.1 Å². The van der Waals surface area contributed by atoms with Gasteiger partial charge in [-0.1, -0.05) is 18.2 Å². The van der Waals surface area contributed by atoms with Crippen LogP contribution in [0.5, 0.6) is 11.6 Å². The smallest absolute Gasteiger partial charge is 0.224 e. The fourth-order valence-electron chi connectivity index (χ4n) is 4.15. The highest BCUT2D eigenvalue weighted by molar-refractivity contribution is 5.55. The van der Waals surface area contributed by atoms with E-state index in [1.165, 1.54) is 0 Å². The summed E-state index contributed by atoms with van der Waals surface area (Å²) in [6.45, 7) is 3.96. The summed E-state index contributed by atoms with van der Waals surface area (Å²) in [5, 5.41) is 16.4. The summed E-state index contributed by atoms with van der Waals surface area (Å²) in [6.07, 6.45) is 1.93. The lowest BCUT2D eigenvalue weighted by molar-refractivity contribution is -0.0185. The standard InChI is InChI=1S/C18H23N3O2/c1-12-16-17(21(3)19-12)23-15-7-5-4-6-14(15)18(16,22)13-8-10-20(2)11-9-13/h4-7,13,22H,8-11H2,1-3H3. The molecule has 1 aromatic carbocycles. The maximum Gasteiger partial charge on any atom is 0.224 e. The van der Waals surface area contributed by atoms with Crippen molar-refractivity contribution in [1.29, 1.82) is 0 Å². The molecule has 0 amide bonds. The van der Waals surface area contributed by atoms with Crippen molar-refractivity contribution in [2.45, 2.75) is 25.4 Å². The number of likely N-dealkylation sites (tertiary alicyclic amines) is 1. The van der Waals surface area contributed by atoms with Gasteiger partial charge in [0.1, 0.15) is 11.4 Å². The molecule has 2 aliphatic rings. The Bertz CT molecular complexity index is 747. The predicted octanol–water partition coefficient (Wildman–Crippen LogP) is 2.41. The van der Waals surface area contributed by atoms with Crippen LogP contribution in [0.1, 0.15) is 29.7 Å². The van der Waals surface area contributed by atoms with E-state index >= 15 is 0 Å². The third-order valence-corrected chi connectivity index (χ3v) is 5.36. The highest BCUT2D eigenvalue weighted by Crippen LogP contribution is 2.53. The molecule has 5 heteroatoms. The first kappa shape index (κ1) is 14.7. The molecule has 1 atom stereocenters. The second-order valence-electron chi connectivity index (χ2n) is 6.83. The minimum Gasteiger partial charge on any atom is -0.438 e. The average Bonchev–Trinajstić information content (AvgIpc) is 2.83. The summed E-state index contributed by atoms with van der Waals surface area (Å²) in [6, 6.07) is 7.84. The van der Waals surface area contributed by atoms with Gasteiger partial charge in [-0.15, -0.1) is 0 Å². The summed E-state index contributed by atoms with van der Waals surface area (Å²) < 4.78 is 7.80. The number of benzene rings is 1. The second kappa shape index (κ2) is 5.08. The number of para-hydroxylation sites is 1. The maximum atomic E-state index is 11.9. The molecule has 23 heavy (non-hydrogen) atoms. The molecule has 2 aromatic rings. The van der Waals surface area contributed by atoms with Gasteiger partial charge in [-0.2, -0.15) is 5.10 Å². The van der Waals surface area contributed by atoms with Crippen molar-refractivity contribution in [1.82, 2.24) is 14.7 Å². The van der Waals surface area contributed by atoms with Crippen LogP contribution < -0.4 is 4.74 Å². The first-order chi connectivity index (χ1) is 11.0. The Kier molecular flexibility index (Phi) is 3.25. The van der Waals surface area contributed by atoms with Gasteiger partial charge in [-0.3, -0.25) is 0 Å². The summed E-state index contributed by atoms with van der Waals surface area (Å²) in [7, 11) is 4.01. The zero-order valence-electron chi connectivity index (χ0n) is 13.9. The number of hydrogen-bond donors (Lipinski definition) is 1. The predicted molar refractivity (Wildman–Crippen MR) is 87.7 cm³/mol. The monoisotopic (exact) mass is 313 g/mol. The first-order valence-corrected chi connectivity index (χ1v) is 8.24. The van der Waals surface area contributed by atoms with E-state index in [9.17, 15) is 5.11 Å². The number of nitrogens with zero attached hydrogens (tertiary/aromatic N) is 3. The van der Waals surface area contributed by atoms with Crippen molar-refractivity contribution in [3.8, 4) is 11.6 Å². The lowest BCUT2D eigenvalue weighted by Crippen LogP contribution is -2.44. The molecule has 1 saturated heterocycles. The van der Waals surface area contributed by atoms with E-state index in [1.807, 2.05) is 38.2 Å². The summed E-state index contributed by atoms with van der Waals surface area (Å²) in [5.74, 6) is 1.58. The van der Waals surface area contributed by atoms with Crippen LogP contribution in [0.25, 0.3) is 0 Å². The van der Waals surface area contributed by atoms with Crippen LogP contribution in [0.2, 0.25) is 0 Å². The molecule has 4 rings (SSSR count). The molecule has 0 bridgehead atoms. The van der Waals surface area contributed by atoms with Gasteiger partial charge in [0.15, 0.2) is 0 Å². The van der Waals surface area contributed by atoms with Crippen LogP contribution in [0, 0.1) is 12.8 Å². The number of aromatic nitrogens is 2. The van der Waals surface area contributed by atoms with Gasteiger partial charge in [0.05, 0.1) is 11.3 Å². The Morgan fingerprint density at radius 2 is 1.91 bits per heavy atom. The van der Waals surface area contributed by atoms with E-state index in [0.29, 0.717) is 5.88 Å². The minimum atomic E-state index is -1.02.